The topological polar surface area (TPSA) is 58.5 Å². The molecule has 0 saturated carbocycles. The molecule has 0 aromatic carbocycles. The van der Waals surface area contributed by atoms with Crippen molar-refractivity contribution in [1.29, 1.82) is 0 Å². The van der Waals surface area contributed by atoms with Gasteiger partial charge in [-0.1, -0.05) is 5.16 Å². The van der Waals surface area contributed by atoms with E-state index >= 15 is 0 Å². The largest absolute Gasteiger partial charge is 0.468 e. The summed E-state index contributed by atoms with van der Waals surface area (Å²) in [5.41, 5.74) is 0. The summed E-state index contributed by atoms with van der Waals surface area (Å²) in [5, 5.41) is 3.81. The van der Waals surface area contributed by atoms with Gasteiger partial charge in [-0.3, -0.25) is 9.80 Å². The van der Waals surface area contributed by atoms with Gasteiger partial charge >= 0.3 is 0 Å². The fraction of sp³-hybridized carbons (Fsp3) is 0.538. The number of hydrogen-bond donors (Lipinski definition) is 0. The fourth-order valence-corrected chi connectivity index (χ4v) is 2.32. The summed E-state index contributed by atoms with van der Waals surface area (Å²) >= 11 is 0. The molecule has 6 heteroatoms. The van der Waals surface area contributed by atoms with Crippen molar-refractivity contribution in [2.75, 3.05) is 26.2 Å². The summed E-state index contributed by atoms with van der Waals surface area (Å²) in [4.78, 5) is 8.97. The Balaban J connectivity index is 1.46. The highest BCUT2D eigenvalue weighted by Gasteiger charge is 2.19. The van der Waals surface area contributed by atoms with E-state index in [9.17, 15) is 0 Å². The molecular weight excluding hydrogens is 244 g/mol. The third-order valence-electron chi connectivity index (χ3n) is 3.35. The van der Waals surface area contributed by atoms with Crippen LogP contribution in [0.4, 0.5) is 0 Å². The molecule has 0 amide bonds. The van der Waals surface area contributed by atoms with E-state index in [1.54, 1.807) is 6.26 Å². The van der Waals surface area contributed by atoms with Crippen LogP contribution in [-0.2, 0) is 13.1 Å². The highest BCUT2D eigenvalue weighted by Crippen LogP contribution is 2.10. The summed E-state index contributed by atoms with van der Waals surface area (Å²) < 4.78 is 10.5. The molecule has 1 aliphatic heterocycles. The van der Waals surface area contributed by atoms with E-state index in [4.69, 9.17) is 8.94 Å². The lowest BCUT2D eigenvalue weighted by molar-refractivity contribution is 0.107. The zero-order chi connectivity index (χ0) is 13.1. The van der Waals surface area contributed by atoms with Gasteiger partial charge in [-0.2, -0.15) is 4.98 Å². The van der Waals surface area contributed by atoms with Gasteiger partial charge in [-0.05, 0) is 19.1 Å². The van der Waals surface area contributed by atoms with Crippen LogP contribution < -0.4 is 0 Å². The van der Waals surface area contributed by atoms with Crippen LogP contribution in [0.25, 0.3) is 0 Å². The number of piperazine rings is 1. The van der Waals surface area contributed by atoms with E-state index in [0.717, 1.165) is 45.0 Å². The first-order valence-corrected chi connectivity index (χ1v) is 6.56. The van der Waals surface area contributed by atoms with Gasteiger partial charge in [0.05, 0.1) is 19.4 Å². The second kappa shape index (κ2) is 5.54. The monoisotopic (exact) mass is 262 g/mol. The van der Waals surface area contributed by atoms with Crippen molar-refractivity contribution < 1.29 is 8.94 Å². The smallest absolute Gasteiger partial charge is 0.240 e. The Labute approximate surface area is 112 Å². The summed E-state index contributed by atoms with van der Waals surface area (Å²) in [5.74, 6) is 2.43. The summed E-state index contributed by atoms with van der Waals surface area (Å²) in [6.45, 7) is 7.58. The predicted octanol–water partition coefficient (Wildman–Crippen LogP) is 1.29. The van der Waals surface area contributed by atoms with Crippen molar-refractivity contribution in [2.45, 2.75) is 20.0 Å². The van der Waals surface area contributed by atoms with Crippen molar-refractivity contribution in [1.82, 2.24) is 19.9 Å². The average molecular weight is 262 g/mol. The number of rotatable bonds is 4. The van der Waals surface area contributed by atoms with E-state index in [1.807, 2.05) is 19.1 Å². The van der Waals surface area contributed by atoms with Gasteiger partial charge < -0.3 is 8.94 Å². The second-order valence-corrected chi connectivity index (χ2v) is 4.87. The van der Waals surface area contributed by atoms with Crippen molar-refractivity contribution in [3.05, 3.63) is 35.9 Å². The van der Waals surface area contributed by atoms with Crippen LogP contribution in [0.1, 0.15) is 17.5 Å². The highest BCUT2D eigenvalue weighted by atomic mass is 16.5. The molecule has 19 heavy (non-hydrogen) atoms. The van der Waals surface area contributed by atoms with E-state index < -0.39 is 0 Å². The molecule has 0 radical (unpaired) electrons. The molecule has 3 rings (SSSR count). The molecular formula is C13H18N4O2. The quantitative estimate of drug-likeness (QED) is 0.827. The molecule has 0 aliphatic carbocycles. The zero-order valence-electron chi connectivity index (χ0n) is 11.1. The minimum absolute atomic E-state index is 0.700. The lowest BCUT2D eigenvalue weighted by Crippen LogP contribution is -2.45. The molecule has 2 aromatic heterocycles. The Kier molecular flexibility index (Phi) is 3.61. The Morgan fingerprint density at radius 2 is 1.89 bits per heavy atom. The lowest BCUT2D eigenvalue weighted by Gasteiger charge is -2.33. The van der Waals surface area contributed by atoms with Crippen LogP contribution in [0, 0.1) is 6.92 Å². The Bertz CT molecular complexity index is 500. The maximum atomic E-state index is 5.37. The minimum Gasteiger partial charge on any atom is -0.468 e. The fourth-order valence-electron chi connectivity index (χ4n) is 2.32. The molecule has 102 valence electrons. The standard InChI is InChI=1S/C13H18N4O2/c1-11-14-13(19-15-11)10-17-6-4-16(5-7-17)9-12-3-2-8-18-12/h2-3,8H,4-7,9-10H2,1H3. The number of nitrogens with zero attached hydrogens (tertiary/aromatic N) is 4. The highest BCUT2D eigenvalue weighted by molar-refractivity contribution is 4.98. The first-order valence-electron chi connectivity index (χ1n) is 6.56. The molecule has 0 atom stereocenters. The van der Waals surface area contributed by atoms with Gasteiger partial charge in [0.15, 0.2) is 5.82 Å². The van der Waals surface area contributed by atoms with Gasteiger partial charge in [-0.25, -0.2) is 0 Å². The van der Waals surface area contributed by atoms with Crippen LogP contribution in [0.3, 0.4) is 0 Å². The van der Waals surface area contributed by atoms with Crippen LogP contribution in [0.2, 0.25) is 0 Å². The first-order chi connectivity index (χ1) is 9.29. The van der Waals surface area contributed by atoms with Crippen molar-refractivity contribution >= 4 is 0 Å². The number of aryl methyl sites for hydroxylation is 1. The SMILES string of the molecule is Cc1noc(CN2CCN(Cc3ccco3)CC2)n1. The molecule has 0 unspecified atom stereocenters. The van der Waals surface area contributed by atoms with E-state index in [-0.39, 0.29) is 0 Å². The lowest BCUT2D eigenvalue weighted by atomic mass is 10.3. The van der Waals surface area contributed by atoms with E-state index in [1.165, 1.54) is 0 Å². The first kappa shape index (κ1) is 12.4. The maximum Gasteiger partial charge on any atom is 0.240 e. The van der Waals surface area contributed by atoms with Crippen LogP contribution >= 0.6 is 0 Å². The van der Waals surface area contributed by atoms with E-state index in [0.29, 0.717) is 11.7 Å². The van der Waals surface area contributed by atoms with Gasteiger partial charge in [0.2, 0.25) is 5.89 Å². The van der Waals surface area contributed by atoms with Crippen molar-refractivity contribution in [3.8, 4) is 0 Å². The van der Waals surface area contributed by atoms with Crippen LogP contribution in [-0.4, -0.2) is 46.1 Å². The molecule has 2 aromatic rings. The molecule has 0 spiro atoms. The predicted molar refractivity (Wildman–Crippen MR) is 68.3 cm³/mol. The molecule has 0 bridgehead atoms. The Hall–Kier alpha value is -1.66. The molecule has 1 aliphatic rings. The van der Waals surface area contributed by atoms with Crippen molar-refractivity contribution in [2.24, 2.45) is 0 Å². The maximum absolute atomic E-state index is 5.37. The Morgan fingerprint density at radius 1 is 1.16 bits per heavy atom. The van der Waals surface area contributed by atoms with Gasteiger partial charge in [-0.15, -0.1) is 0 Å². The zero-order valence-corrected chi connectivity index (χ0v) is 11.1. The number of furan rings is 1. The Morgan fingerprint density at radius 3 is 2.47 bits per heavy atom. The number of aromatic nitrogens is 2. The van der Waals surface area contributed by atoms with E-state index in [2.05, 4.69) is 19.9 Å². The van der Waals surface area contributed by atoms with Crippen molar-refractivity contribution in [3.63, 3.8) is 0 Å². The average Bonchev–Trinajstić information content (AvgIpc) is 3.04. The second-order valence-electron chi connectivity index (χ2n) is 4.87. The third-order valence-corrected chi connectivity index (χ3v) is 3.35. The minimum atomic E-state index is 0.700. The normalized spacial score (nSPS) is 17.9. The van der Waals surface area contributed by atoms with Crippen LogP contribution in [0.5, 0.6) is 0 Å². The summed E-state index contributed by atoms with van der Waals surface area (Å²) in [7, 11) is 0. The van der Waals surface area contributed by atoms with Gasteiger partial charge in [0.25, 0.3) is 0 Å². The summed E-state index contributed by atoms with van der Waals surface area (Å²) in [6.07, 6.45) is 1.73. The molecule has 1 fully saturated rings. The summed E-state index contributed by atoms with van der Waals surface area (Å²) in [6, 6.07) is 3.96. The molecule has 3 heterocycles. The molecule has 6 nitrogen and oxygen atoms in total. The van der Waals surface area contributed by atoms with Crippen LogP contribution in [0.15, 0.2) is 27.3 Å². The number of hydrogen-bond acceptors (Lipinski definition) is 6. The molecule has 1 saturated heterocycles. The molecule has 0 N–H and O–H groups in total. The van der Waals surface area contributed by atoms with Gasteiger partial charge in [0.1, 0.15) is 5.76 Å². The third kappa shape index (κ3) is 3.21. The van der Waals surface area contributed by atoms with Gasteiger partial charge in [0, 0.05) is 26.2 Å².